The van der Waals surface area contributed by atoms with Gasteiger partial charge in [0.05, 0.1) is 22.3 Å². The van der Waals surface area contributed by atoms with Crippen molar-refractivity contribution in [2.75, 3.05) is 11.1 Å². The summed E-state index contributed by atoms with van der Waals surface area (Å²) in [6, 6.07) is 15.2. The van der Waals surface area contributed by atoms with Crippen LogP contribution in [-0.4, -0.2) is 26.6 Å². The zero-order valence-corrected chi connectivity index (χ0v) is 21.3. The summed E-state index contributed by atoms with van der Waals surface area (Å²) in [7, 11) is 0. The second kappa shape index (κ2) is 9.57. The minimum absolute atomic E-state index is 0.0760. The number of aryl methyl sites for hydroxylation is 1. The Morgan fingerprint density at radius 1 is 1.14 bits per heavy atom. The molecule has 35 heavy (non-hydrogen) atoms. The average Bonchev–Trinajstić information content (AvgIpc) is 3.46. The van der Waals surface area contributed by atoms with E-state index in [-0.39, 0.29) is 17.3 Å². The lowest BCUT2D eigenvalue weighted by molar-refractivity contribution is -0.384. The smallest absolute Gasteiger partial charge is 0.269 e. The molecule has 1 aromatic heterocycles. The van der Waals surface area contributed by atoms with Crippen molar-refractivity contribution in [2.24, 2.45) is 0 Å². The van der Waals surface area contributed by atoms with Gasteiger partial charge in [0.25, 0.3) is 5.69 Å². The number of nitro benzene ring substituents is 1. The SMILES string of the molecule is CC(C)(C)n1nc(C2CCC(Oc3ccc([N+](=O)[O-])cc3)C2)cc1Nc1ccc2c(c1)CCCS2. The number of aromatic nitrogens is 2. The molecule has 2 aliphatic rings. The quantitative estimate of drug-likeness (QED) is 0.293. The number of hydrogen-bond acceptors (Lipinski definition) is 6. The van der Waals surface area contributed by atoms with Gasteiger partial charge in [-0.1, -0.05) is 0 Å². The highest BCUT2D eigenvalue weighted by molar-refractivity contribution is 7.99. The Labute approximate surface area is 210 Å². The number of fused-ring (bicyclic) bond motifs is 1. The van der Waals surface area contributed by atoms with Crippen LogP contribution in [0.25, 0.3) is 0 Å². The van der Waals surface area contributed by atoms with E-state index in [1.165, 1.54) is 34.8 Å². The third-order valence-corrected chi connectivity index (χ3v) is 7.90. The van der Waals surface area contributed by atoms with Crippen LogP contribution in [0.1, 0.15) is 63.6 Å². The number of non-ortho nitro benzene ring substituents is 1. The largest absolute Gasteiger partial charge is 0.490 e. The lowest BCUT2D eigenvalue weighted by Gasteiger charge is -2.23. The van der Waals surface area contributed by atoms with Crippen LogP contribution in [0, 0.1) is 10.1 Å². The molecule has 0 radical (unpaired) electrons. The molecule has 8 heteroatoms. The van der Waals surface area contributed by atoms with E-state index in [9.17, 15) is 10.1 Å². The van der Waals surface area contributed by atoms with Crippen molar-refractivity contribution in [3.8, 4) is 5.75 Å². The molecule has 2 heterocycles. The first-order valence-electron chi connectivity index (χ1n) is 12.3. The van der Waals surface area contributed by atoms with Crippen LogP contribution in [0.15, 0.2) is 53.4 Å². The van der Waals surface area contributed by atoms with Gasteiger partial charge in [0.2, 0.25) is 0 Å². The van der Waals surface area contributed by atoms with Crippen molar-refractivity contribution in [3.05, 3.63) is 69.9 Å². The summed E-state index contributed by atoms with van der Waals surface area (Å²) < 4.78 is 8.24. The summed E-state index contributed by atoms with van der Waals surface area (Å²) in [4.78, 5) is 11.9. The molecule has 0 spiro atoms. The van der Waals surface area contributed by atoms with Crippen LogP contribution in [-0.2, 0) is 12.0 Å². The van der Waals surface area contributed by atoms with Gasteiger partial charge in [-0.2, -0.15) is 5.10 Å². The summed E-state index contributed by atoms with van der Waals surface area (Å²) >= 11 is 1.95. The molecule has 1 fully saturated rings. The maximum Gasteiger partial charge on any atom is 0.269 e. The van der Waals surface area contributed by atoms with E-state index in [4.69, 9.17) is 9.84 Å². The van der Waals surface area contributed by atoms with Gasteiger partial charge in [-0.15, -0.1) is 11.8 Å². The second-order valence-electron chi connectivity index (χ2n) is 10.4. The van der Waals surface area contributed by atoms with Gasteiger partial charge >= 0.3 is 0 Å². The molecule has 1 aliphatic carbocycles. The minimum atomic E-state index is -0.393. The first-order chi connectivity index (χ1) is 16.8. The fourth-order valence-electron chi connectivity index (χ4n) is 4.94. The molecule has 184 valence electrons. The Morgan fingerprint density at radius 3 is 2.69 bits per heavy atom. The van der Waals surface area contributed by atoms with E-state index in [2.05, 4.69) is 55.0 Å². The summed E-state index contributed by atoms with van der Waals surface area (Å²) in [5.41, 5.74) is 3.54. The van der Waals surface area contributed by atoms with Crippen LogP contribution in [0.5, 0.6) is 5.75 Å². The molecular formula is C27H32N4O3S. The Morgan fingerprint density at radius 2 is 1.94 bits per heavy atom. The van der Waals surface area contributed by atoms with Gasteiger partial charge in [0, 0.05) is 34.7 Å². The molecule has 1 saturated carbocycles. The number of anilines is 2. The number of rotatable bonds is 6. The molecule has 1 aliphatic heterocycles. The van der Waals surface area contributed by atoms with Gasteiger partial charge in [-0.05, 0) is 94.5 Å². The van der Waals surface area contributed by atoms with E-state index in [1.807, 2.05) is 11.8 Å². The topological polar surface area (TPSA) is 82.2 Å². The third kappa shape index (κ3) is 5.32. The van der Waals surface area contributed by atoms with Gasteiger partial charge in [0.1, 0.15) is 11.6 Å². The van der Waals surface area contributed by atoms with Gasteiger partial charge in [-0.3, -0.25) is 10.1 Å². The zero-order valence-electron chi connectivity index (χ0n) is 20.5. The van der Waals surface area contributed by atoms with Gasteiger partial charge < -0.3 is 10.1 Å². The molecule has 2 unspecified atom stereocenters. The number of nitrogens with one attached hydrogen (secondary N) is 1. The predicted molar refractivity (Wildman–Crippen MR) is 140 cm³/mol. The number of nitrogens with zero attached hydrogens (tertiary/aromatic N) is 3. The van der Waals surface area contributed by atoms with E-state index >= 15 is 0 Å². The first-order valence-corrected chi connectivity index (χ1v) is 13.3. The summed E-state index contributed by atoms with van der Waals surface area (Å²) in [6.45, 7) is 6.52. The van der Waals surface area contributed by atoms with Gasteiger partial charge in [0.15, 0.2) is 0 Å². The Balaban J connectivity index is 1.31. The van der Waals surface area contributed by atoms with Crippen molar-refractivity contribution in [1.82, 2.24) is 9.78 Å². The average molecular weight is 493 g/mol. The van der Waals surface area contributed by atoms with Crippen LogP contribution < -0.4 is 10.1 Å². The van der Waals surface area contributed by atoms with Crippen LogP contribution in [0.4, 0.5) is 17.2 Å². The zero-order chi connectivity index (χ0) is 24.6. The van der Waals surface area contributed by atoms with Crippen molar-refractivity contribution >= 4 is 29.0 Å². The summed E-state index contributed by atoms with van der Waals surface area (Å²) in [5, 5.41) is 19.6. The molecule has 0 bridgehead atoms. The summed E-state index contributed by atoms with van der Waals surface area (Å²) in [6.07, 6.45) is 5.28. The molecule has 2 atom stereocenters. The molecule has 2 aromatic carbocycles. The molecule has 0 amide bonds. The highest BCUT2D eigenvalue weighted by Crippen LogP contribution is 2.39. The van der Waals surface area contributed by atoms with Crippen molar-refractivity contribution in [2.45, 2.75) is 75.3 Å². The molecule has 3 aromatic rings. The molecule has 7 nitrogen and oxygen atoms in total. The summed E-state index contributed by atoms with van der Waals surface area (Å²) in [5.74, 6) is 3.21. The molecule has 5 rings (SSSR count). The van der Waals surface area contributed by atoms with Crippen molar-refractivity contribution < 1.29 is 9.66 Å². The number of nitro groups is 1. The highest BCUT2D eigenvalue weighted by Gasteiger charge is 2.31. The predicted octanol–water partition coefficient (Wildman–Crippen LogP) is 7.04. The number of thioether (sulfide) groups is 1. The number of benzene rings is 2. The minimum Gasteiger partial charge on any atom is -0.490 e. The van der Waals surface area contributed by atoms with E-state index in [0.717, 1.165) is 42.9 Å². The standard InChI is InChI=1S/C27H32N4O3S/c1-27(2,3)30-26(28-20-7-13-25-19(15-20)5-4-14-35-25)17-24(29-30)18-6-10-23(16-18)34-22-11-8-21(9-12-22)31(32)33/h7-9,11-13,15,17-18,23,28H,4-6,10,14,16H2,1-3H3. The van der Waals surface area contributed by atoms with Crippen LogP contribution >= 0.6 is 11.8 Å². The maximum absolute atomic E-state index is 10.9. The van der Waals surface area contributed by atoms with Crippen molar-refractivity contribution in [3.63, 3.8) is 0 Å². The van der Waals surface area contributed by atoms with Crippen molar-refractivity contribution in [1.29, 1.82) is 0 Å². The Hall–Kier alpha value is -3.00. The molecule has 0 saturated heterocycles. The monoisotopic (exact) mass is 492 g/mol. The Bertz CT molecular complexity index is 1220. The highest BCUT2D eigenvalue weighted by atomic mass is 32.2. The van der Waals surface area contributed by atoms with E-state index < -0.39 is 4.92 Å². The van der Waals surface area contributed by atoms with Crippen LogP contribution in [0.2, 0.25) is 0 Å². The lowest BCUT2D eigenvalue weighted by atomic mass is 10.0. The molecular weight excluding hydrogens is 460 g/mol. The maximum atomic E-state index is 10.9. The van der Waals surface area contributed by atoms with E-state index in [0.29, 0.717) is 11.7 Å². The number of hydrogen-bond donors (Lipinski definition) is 1. The first kappa shape index (κ1) is 23.7. The lowest BCUT2D eigenvalue weighted by Crippen LogP contribution is -2.24. The second-order valence-corrected chi connectivity index (χ2v) is 11.6. The number of ether oxygens (including phenoxy) is 1. The van der Waals surface area contributed by atoms with Gasteiger partial charge in [-0.25, -0.2) is 4.68 Å². The normalized spacial score (nSPS) is 19.9. The van der Waals surface area contributed by atoms with E-state index in [1.54, 1.807) is 12.1 Å². The van der Waals surface area contributed by atoms with Crippen LogP contribution in [0.3, 0.4) is 0 Å². The fraction of sp³-hybridized carbons (Fsp3) is 0.444. The third-order valence-electron chi connectivity index (χ3n) is 6.70. The fourth-order valence-corrected chi connectivity index (χ4v) is 5.96. The molecule has 1 N–H and O–H groups in total. The Kier molecular flexibility index (Phi) is 6.49.